The van der Waals surface area contributed by atoms with Crippen molar-refractivity contribution in [1.82, 2.24) is 4.90 Å². The van der Waals surface area contributed by atoms with Crippen LogP contribution in [-0.4, -0.2) is 42.3 Å². The molecule has 5 heteroatoms. The fraction of sp³-hybridized carbons (Fsp3) is 0.500. The monoisotopic (exact) mass is 269 g/mol. The number of carbonyl (C=O) groups excluding carboxylic acids is 1. The first-order valence-electron chi connectivity index (χ1n) is 6.00. The van der Waals surface area contributed by atoms with E-state index in [1.807, 2.05) is 11.9 Å². The lowest BCUT2D eigenvalue weighted by Gasteiger charge is -2.25. The normalized spacial score (nSPS) is 11.7. The highest BCUT2D eigenvalue weighted by atomic mass is 19.1. The van der Waals surface area contributed by atoms with Crippen LogP contribution < -0.4 is 0 Å². The molecule has 0 radical (unpaired) electrons. The predicted octanol–water partition coefficient (Wildman–Crippen LogP) is 1.81. The number of halogens is 1. The van der Waals surface area contributed by atoms with Crippen LogP contribution in [0.2, 0.25) is 0 Å². The van der Waals surface area contributed by atoms with Gasteiger partial charge >= 0.3 is 5.97 Å². The molecule has 1 N–H and O–H groups in total. The minimum absolute atomic E-state index is 0.0728. The topological polar surface area (TPSA) is 49.8 Å². The molecule has 4 nitrogen and oxygen atoms in total. The van der Waals surface area contributed by atoms with E-state index in [0.717, 1.165) is 5.56 Å². The lowest BCUT2D eigenvalue weighted by Crippen LogP contribution is -2.35. The van der Waals surface area contributed by atoms with Crippen molar-refractivity contribution in [3.8, 4) is 0 Å². The van der Waals surface area contributed by atoms with Crippen LogP contribution in [0.25, 0.3) is 0 Å². The van der Waals surface area contributed by atoms with Crippen LogP contribution in [0.15, 0.2) is 18.2 Å². The van der Waals surface area contributed by atoms with Gasteiger partial charge in [0.25, 0.3) is 0 Å². The fourth-order valence-electron chi connectivity index (χ4n) is 1.96. The second-order valence-electron chi connectivity index (χ2n) is 5.29. The minimum atomic E-state index is -0.806. The number of aliphatic hydroxyl groups is 1. The van der Waals surface area contributed by atoms with E-state index in [4.69, 9.17) is 0 Å². The van der Waals surface area contributed by atoms with E-state index < -0.39 is 17.4 Å². The van der Waals surface area contributed by atoms with Crippen molar-refractivity contribution in [2.75, 3.05) is 20.7 Å². The summed E-state index contributed by atoms with van der Waals surface area (Å²) in [6.45, 7) is 4.38. The first-order valence-corrected chi connectivity index (χ1v) is 6.00. The second kappa shape index (κ2) is 6.12. The summed E-state index contributed by atoms with van der Waals surface area (Å²) in [7, 11) is 3.05. The fourth-order valence-corrected chi connectivity index (χ4v) is 1.96. The molecule has 0 saturated heterocycles. The second-order valence-corrected chi connectivity index (χ2v) is 5.29. The van der Waals surface area contributed by atoms with E-state index in [1.165, 1.54) is 19.2 Å². The first kappa shape index (κ1) is 15.6. The minimum Gasteiger partial charge on any atom is -0.465 e. The molecule has 0 aliphatic carbocycles. The molecular weight excluding hydrogens is 249 g/mol. The molecule has 1 rings (SSSR count). The van der Waals surface area contributed by atoms with Crippen LogP contribution in [0, 0.1) is 5.82 Å². The van der Waals surface area contributed by atoms with Crippen LogP contribution in [0.3, 0.4) is 0 Å². The van der Waals surface area contributed by atoms with Crippen molar-refractivity contribution < 1.29 is 19.0 Å². The number of nitrogens with zero attached hydrogens (tertiary/aromatic N) is 1. The zero-order chi connectivity index (χ0) is 14.6. The van der Waals surface area contributed by atoms with Crippen molar-refractivity contribution >= 4 is 5.97 Å². The van der Waals surface area contributed by atoms with E-state index >= 15 is 0 Å². The summed E-state index contributed by atoms with van der Waals surface area (Å²) in [6, 6.07) is 4.40. The highest BCUT2D eigenvalue weighted by molar-refractivity contribution is 5.89. The van der Waals surface area contributed by atoms with Gasteiger partial charge in [0.2, 0.25) is 0 Å². The smallest absolute Gasteiger partial charge is 0.340 e. The maximum Gasteiger partial charge on any atom is 0.340 e. The van der Waals surface area contributed by atoms with Gasteiger partial charge in [-0.1, -0.05) is 6.07 Å². The van der Waals surface area contributed by atoms with Gasteiger partial charge in [-0.15, -0.1) is 0 Å². The van der Waals surface area contributed by atoms with Gasteiger partial charge in [-0.25, -0.2) is 9.18 Å². The average Bonchev–Trinajstić information content (AvgIpc) is 2.25. The van der Waals surface area contributed by atoms with Crippen molar-refractivity contribution in [1.29, 1.82) is 0 Å². The van der Waals surface area contributed by atoms with E-state index in [9.17, 15) is 14.3 Å². The molecule has 106 valence electrons. The molecule has 1 aromatic carbocycles. The van der Waals surface area contributed by atoms with Crippen LogP contribution in [0.5, 0.6) is 0 Å². The van der Waals surface area contributed by atoms with Crippen LogP contribution >= 0.6 is 0 Å². The van der Waals surface area contributed by atoms with E-state index in [-0.39, 0.29) is 5.56 Å². The SMILES string of the molecule is COC(=O)c1ccc(CN(C)CC(C)(C)O)cc1F. The third kappa shape index (κ3) is 4.96. The molecule has 19 heavy (non-hydrogen) atoms. The third-order valence-electron chi connectivity index (χ3n) is 2.55. The van der Waals surface area contributed by atoms with Crippen molar-refractivity contribution in [2.45, 2.75) is 26.0 Å². The molecule has 0 amide bonds. The third-order valence-corrected chi connectivity index (χ3v) is 2.55. The summed E-state index contributed by atoms with van der Waals surface area (Å²) in [5.41, 5.74) is -0.146. The molecule has 0 saturated carbocycles. The standard InChI is InChI=1S/C14H20FNO3/c1-14(2,18)9-16(3)8-10-5-6-11(12(15)7-10)13(17)19-4/h5-7,18H,8-9H2,1-4H3. The number of hydrogen-bond donors (Lipinski definition) is 1. The number of hydrogen-bond acceptors (Lipinski definition) is 4. The highest BCUT2D eigenvalue weighted by Crippen LogP contribution is 2.14. The summed E-state index contributed by atoms with van der Waals surface area (Å²) in [5, 5.41) is 9.69. The highest BCUT2D eigenvalue weighted by Gasteiger charge is 2.17. The summed E-state index contributed by atoms with van der Waals surface area (Å²) < 4.78 is 18.2. The largest absolute Gasteiger partial charge is 0.465 e. The molecular formula is C14H20FNO3. The zero-order valence-corrected chi connectivity index (χ0v) is 11.7. The van der Waals surface area contributed by atoms with Gasteiger partial charge in [0.15, 0.2) is 0 Å². The van der Waals surface area contributed by atoms with Crippen LogP contribution in [0.4, 0.5) is 4.39 Å². The van der Waals surface area contributed by atoms with Gasteiger partial charge in [-0.3, -0.25) is 4.90 Å². The Labute approximate surface area is 112 Å². The van der Waals surface area contributed by atoms with E-state index in [2.05, 4.69) is 4.74 Å². The van der Waals surface area contributed by atoms with Crippen molar-refractivity contribution in [2.24, 2.45) is 0 Å². The van der Waals surface area contributed by atoms with Gasteiger partial charge < -0.3 is 9.84 Å². The first-order chi connectivity index (χ1) is 8.73. The van der Waals surface area contributed by atoms with Gasteiger partial charge in [0, 0.05) is 13.1 Å². The Morgan fingerprint density at radius 3 is 2.58 bits per heavy atom. The molecule has 0 bridgehead atoms. The maximum atomic E-state index is 13.7. The van der Waals surface area contributed by atoms with Gasteiger partial charge in [-0.05, 0) is 38.6 Å². The van der Waals surface area contributed by atoms with Gasteiger partial charge in [0.05, 0.1) is 18.3 Å². The predicted molar refractivity (Wildman–Crippen MR) is 70.4 cm³/mol. The molecule has 0 aliphatic heterocycles. The molecule has 0 aliphatic rings. The molecule has 0 aromatic heterocycles. The maximum absolute atomic E-state index is 13.7. The number of likely N-dealkylation sites (N-methyl/N-ethyl adjacent to an activating group) is 1. The molecule has 0 heterocycles. The summed E-state index contributed by atoms with van der Waals surface area (Å²) in [4.78, 5) is 13.1. The van der Waals surface area contributed by atoms with E-state index in [1.54, 1.807) is 19.9 Å². The molecule has 0 fully saturated rings. The number of esters is 1. The van der Waals surface area contributed by atoms with Crippen LogP contribution in [0.1, 0.15) is 29.8 Å². The lowest BCUT2D eigenvalue weighted by molar-refractivity contribution is 0.0424. The Bertz CT molecular complexity index is 454. The summed E-state index contributed by atoms with van der Waals surface area (Å²) >= 11 is 0. The Kier molecular flexibility index (Phi) is 5.03. The number of carbonyl (C=O) groups is 1. The number of ether oxygens (including phenoxy) is 1. The Balaban J connectivity index is 2.76. The lowest BCUT2D eigenvalue weighted by atomic mass is 10.1. The van der Waals surface area contributed by atoms with Gasteiger partial charge in [0.1, 0.15) is 5.82 Å². The Hall–Kier alpha value is -1.46. The number of rotatable bonds is 5. The molecule has 1 aromatic rings. The summed E-state index contributed by atoms with van der Waals surface area (Å²) in [5.74, 6) is -1.28. The van der Waals surface area contributed by atoms with Crippen molar-refractivity contribution in [3.05, 3.63) is 35.1 Å². The molecule has 0 atom stereocenters. The average molecular weight is 269 g/mol. The zero-order valence-electron chi connectivity index (χ0n) is 11.7. The Morgan fingerprint density at radius 2 is 2.11 bits per heavy atom. The quantitative estimate of drug-likeness (QED) is 0.828. The van der Waals surface area contributed by atoms with Crippen LogP contribution in [-0.2, 0) is 11.3 Å². The number of methoxy groups -OCH3 is 1. The summed E-state index contributed by atoms with van der Waals surface area (Å²) in [6.07, 6.45) is 0. The Morgan fingerprint density at radius 1 is 1.47 bits per heavy atom. The molecule has 0 spiro atoms. The number of benzene rings is 1. The molecule has 0 unspecified atom stereocenters. The van der Waals surface area contributed by atoms with E-state index in [0.29, 0.717) is 13.1 Å². The van der Waals surface area contributed by atoms with Crippen molar-refractivity contribution in [3.63, 3.8) is 0 Å². The van der Waals surface area contributed by atoms with Gasteiger partial charge in [-0.2, -0.15) is 0 Å².